The molecule has 1 aromatic carbocycles. The summed E-state index contributed by atoms with van der Waals surface area (Å²) < 4.78 is 11.2. The third-order valence-corrected chi connectivity index (χ3v) is 3.28. The fourth-order valence-electron chi connectivity index (χ4n) is 1.82. The average molecular weight is 275 g/mol. The molecule has 0 aromatic heterocycles. The van der Waals surface area contributed by atoms with Gasteiger partial charge in [-0.05, 0) is 43.9 Å². The van der Waals surface area contributed by atoms with Gasteiger partial charge in [-0.3, -0.25) is 0 Å². The highest BCUT2D eigenvalue weighted by Gasteiger charge is 2.21. The van der Waals surface area contributed by atoms with E-state index in [-0.39, 0.29) is 10.8 Å². The molecule has 0 saturated heterocycles. The van der Waals surface area contributed by atoms with Gasteiger partial charge < -0.3 is 9.47 Å². The van der Waals surface area contributed by atoms with Gasteiger partial charge in [-0.15, -0.1) is 0 Å². The van der Waals surface area contributed by atoms with E-state index in [1.165, 1.54) is 0 Å². The molecule has 0 N–H and O–H groups in total. The summed E-state index contributed by atoms with van der Waals surface area (Å²) in [6.45, 7) is 10.8. The predicted octanol–water partition coefficient (Wildman–Crippen LogP) is 4.31. The molecule has 0 fully saturated rings. The van der Waals surface area contributed by atoms with Gasteiger partial charge in [0, 0.05) is 5.56 Å². The number of hydrogen-bond donors (Lipinski definition) is 0. The summed E-state index contributed by atoms with van der Waals surface area (Å²) in [7, 11) is 1.66. The van der Waals surface area contributed by atoms with E-state index >= 15 is 0 Å². The third-order valence-electron chi connectivity index (χ3n) is 3.28. The molecule has 3 nitrogen and oxygen atoms in total. The van der Waals surface area contributed by atoms with Crippen molar-refractivity contribution in [2.24, 2.45) is 5.41 Å². The Labute approximate surface area is 122 Å². The van der Waals surface area contributed by atoms with Crippen LogP contribution in [-0.2, 0) is 5.41 Å². The zero-order valence-corrected chi connectivity index (χ0v) is 13.4. The number of benzene rings is 1. The van der Waals surface area contributed by atoms with Gasteiger partial charge in [0.15, 0.2) is 0 Å². The van der Waals surface area contributed by atoms with Crippen LogP contribution in [0.2, 0.25) is 0 Å². The van der Waals surface area contributed by atoms with E-state index in [0.29, 0.717) is 13.0 Å². The van der Waals surface area contributed by atoms with Gasteiger partial charge in [-0.1, -0.05) is 20.8 Å². The first-order valence-electron chi connectivity index (χ1n) is 6.92. The van der Waals surface area contributed by atoms with Gasteiger partial charge in [-0.25, -0.2) is 0 Å². The highest BCUT2D eigenvalue weighted by Crippen LogP contribution is 2.34. The van der Waals surface area contributed by atoms with E-state index in [1.54, 1.807) is 7.11 Å². The first-order valence-corrected chi connectivity index (χ1v) is 6.92. The topological polar surface area (TPSA) is 42.2 Å². The minimum atomic E-state index is -0.353. The largest absolute Gasteiger partial charge is 0.497 e. The summed E-state index contributed by atoms with van der Waals surface area (Å²) in [5.74, 6) is 1.70. The predicted molar refractivity (Wildman–Crippen MR) is 81.2 cm³/mol. The Morgan fingerprint density at radius 3 is 2.30 bits per heavy atom. The van der Waals surface area contributed by atoms with Crippen molar-refractivity contribution in [3.8, 4) is 17.6 Å². The van der Waals surface area contributed by atoms with Crippen molar-refractivity contribution in [1.29, 1.82) is 5.26 Å². The third kappa shape index (κ3) is 4.45. The normalized spacial score (nSPS) is 11.8. The monoisotopic (exact) mass is 275 g/mol. The Balaban J connectivity index is 2.88. The second-order valence-corrected chi connectivity index (χ2v) is 6.71. The van der Waals surface area contributed by atoms with E-state index in [0.717, 1.165) is 17.1 Å². The maximum atomic E-state index is 9.02. The van der Waals surface area contributed by atoms with Gasteiger partial charge >= 0.3 is 0 Å². The summed E-state index contributed by atoms with van der Waals surface area (Å²) in [6.07, 6.45) is 0.707. The number of ether oxygens (including phenoxy) is 2. The number of nitrogens with zero attached hydrogens (tertiary/aromatic N) is 1. The first-order chi connectivity index (χ1) is 9.19. The Bertz CT molecular complexity index is 493. The molecule has 0 unspecified atom stereocenters. The van der Waals surface area contributed by atoms with Crippen LogP contribution in [0.3, 0.4) is 0 Å². The van der Waals surface area contributed by atoms with Gasteiger partial charge in [0.2, 0.25) is 0 Å². The minimum Gasteiger partial charge on any atom is -0.497 e. The van der Waals surface area contributed by atoms with Crippen LogP contribution < -0.4 is 9.47 Å². The molecule has 0 spiro atoms. The average Bonchev–Trinajstić information content (AvgIpc) is 2.37. The maximum Gasteiger partial charge on any atom is 0.123 e. The molecule has 0 bridgehead atoms. The molecular weight excluding hydrogens is 250 g/mol. The fraction of sp³-hybridized carbons (Fsp3) is 0.588. The lowest BCUT2D eigenvalue weighted by Crippen LogP contribution is -2.17. The van der Waals surface area contributed by atoms with Crippen molar-refractivity contribution in [1.82, 2.24) is 0 Å². The number of methoxy groups -OCH3 is 1. The van der Waals surface area contributed by atoms with Crippen LogP contribution in [-0.4, -0.2) is 13.7 Å². The summed E-state index contributed by atoms with van der Waals surface area (Å²) >= 11 is 0. The zero-order chi connectivity index (χ0) is 15.4. The van der Waals surface area contributed by atoms with Crippen molar-refractivity contribution in [2.45, 2.75) is 46.5 Å². The van der Waals surface area contributed by atoms with Crippen molar-refractivity contribution in [2.75, 3.05) is 13.7 Å². The molecule has 0 aliphatic carbocycles. The van der Waals surface area contributed by atoms with Crippen molar-refractivity contribution in [3.63, 3.8) is 0 Å². The second-order valence-electron chi connectivity index (χ2n) is 6.71. The molecule has 0 aliphatic rings. The second kappa shape index (κ2) is 6.17. The van der Waals surface area contributed by atoms with E-state index < -0.39 is 0 Å². The molecule has 0 aliphatic heterocycles. The zero-order valence-electron chi connectivity index (χ0n) is 13.4. The summed E-state index contributed by atoms with van der Waals surface area (Å²) in [5.41, 5.74) is 0.745. The van der Waals surface area contributed by atoms with Crippen LogP contribution in [0, 0.1) is 16.7 Å². The molecule has 0 heterocycles. The van der Waals surface area contributed by atoms with Crippen LogP contribution >= 0.6 is 0 Å². The quantitative estimate of drug-likeness (QED) is 0.804. The van der Waals surface area contributed by atoms with Crippen LogP contribution in [0.15, 0.2) is 18.2 Å². The fourth-order valence-corrected chi connectivity index (χ4v) is 1.82. The molecule has 0 amide bonds. The molecule has 0 radical (unpaired) electrons. The molecule has 1 rings (SSSR count). The lowest BCUT2D eigenvalue weighted by atomic mass is 9.86. The van der Waals surface area contributed by atoms with Crippen molar-refractivity contribution >= 4 is 0 Å². The van der Waals surface area contributed by atoms with Crippen LogP contribution in [0.25, 0.3) is 0 Å². The Kier molecular flexibility index (Phi) is 5.05. The Morgan fingerprint density at radius 1 is 1.15 bits per heavy atom. The molecule has 110 valence electrons. The lowest BCUT2D eigenvalue weighted by molar-refractivity contribution is 0.259. The SMILES string of the molecule is COc1ccc(OCCC(C)(C)C#N)c(C(C)(C)C)c1. The smallest absolute Gasteiger partial charge is 0.123 e. The van der Waals surface area contributed by atoms with Crippen molar-refractivity contribution < 1.29 is 9.47 Å². The standard InChI is InChI=1S/C17H25NO2/c1-16(2,3)14-11-13(19-6)7-8-15(14)20-10-9-17(4,5)12-18/h7-8,11H,9-10H2,1-6H3. The van der Waals surface area contributed by atoms with E-state index in [4.69, 9.17) is 14.7 Å². The maximum absolute atomic E-state index is 9.02. The van der Waals surface area contributed by atoms with Gasteiger partial charge in [0.1, 0.15) is 11.5 Å². The van der Waals surface area contributed by atoms with Gasteiger partial charge in [-0.2, -0.15) is 5.26 Å². The van der Waals surface area contributed by atoms with Gasteiger partial charge in [0.25, 0.3) is 0 Å². The minimum absolute atomic E-state index is 0.0192. The van der Waals surface area contributed by atoms with Gasteiger partial charge in [0.05, 0.1) is 25.2 Å². The molecule has 0 atom stereocenters. The summed E-state index contributed by atoms with van der Waals surface area (Å²) in [4.78, 5) is 0. The molecular formula is C17H25NO2. The highest BCUT2D eigenvalue weighted by atomic mass is 16.5. The van der Waals surface area contributed by atoms with E-state index in [2.05, 4.69) is 26.8 Å². The molecule has 1 aromatic rings. The molecule has 3 heteroatoms. The Hall–Kier alpha value is -1.69. The molecule has 20 heavy (non-hydrogen) atoms. The Morgan fingerprint density at radius 2 is 1.80 bits per heavy atom. The van der Waals surface area contributed by atoms with Crippen LogP contribution in [0.4, 0.5) is 0 Å². The van der Waals surface area contributed by atoms with Crippen LogP contribution in [0.1, 0.15) is 46.6 Å². The van der Waals surface area contributed by atoms with Crippen molar-refractivity contribution in [3.05, 3.63) is 23.8 Å². The van der Waals surface area contributed by atoms with Crippen LogP contribution in [0.5, 0.6) is 11.5 Å². The lowest BCUT2D eigenvalue weighted by Gasteiger charge is -2.24. The highest BCUT2D eigenvalue weighted by molar-refractivity contribution is 5.44. The number of nitriles is 1. The van der Waals surface area contributed by atoms with E-state index in [9.17, 15) is 0 Å². The van der Waals surface area contributed by atoms with E-state index in [1.807, 2.05) is 32.0 Å². The summed E-state index contributed by atoms with van der Waals surface area (Å²) in [5, 5.41) is 9.02. The molecule has 0 saturated carbocycles. The number of hydrogen-bond acceptors (Lipinski definition) is 3. The summed E-state index contributed by atoms with van der Waals surface area (Å²) in [6, 6.07) is 8.16. The first kappa shape index (κ1) is 16.4. The number of rotatable bonds is 5.